The number of esters is 2. The van der Waals surface area contributed by atoms with Crippen LogP contribution in [-0.4, -0.2) is 123 Å². The fourth-order valence-electron chi connectivity index (χ4n) is 8.27. The molecule has 4 rings (SSSR count). The predicted octanol–water partition coefficient (Wildman–Crippen LogP) is 5.62. The van der Waals surface area contributed by atoms with Crippen molar-refractivity contribution in [2.24, 2.45) is 11.8 Å². The number of hydrogen-bond donors (Lipinski definition) is 3. The van der Waals surface area contributed by atoms with Crippen LogP contribution in [0.2, 0.25) is 0 Å². The summed E-state index contributed by atoms with van der Waals surface area (Å²) in [5.41, 5.74) is -1.98. The second kappa shape index (κ2) is 19.9. The van der Waals surface area contributed by atoms with Gasteiger partial charge in [0.25, 0.3) is 0 Å². The molecule has 1 amide bonds. The van der Waals surface area contributed by atoms with Crippen LogP contribution in [0, 0.1) is 11.8 Å². The van der Waals surface area contributed by atoms with Crippen molar-refractivity contribution >= 4 is 18.0 Å². The van der Waals surface area contributed by atoms with Gasteiger partial charge in [-0.15, -0.1) is 0 Å². The lowest BCUT2D eigenvalue weighted by Crippen LogP contribution is -2.53. The van der Waals surface area contributed by atoms with Gasteiger partial charge in [0.15, 0.2) is 6.10 Å². The van der Waals surface area contributed by atoms with Gasteiger partial charge in [-0.05, 0) is 64.5 Å². The minimum absolute atomic E-state index is 0.00662. The van der Waals surface area contributed by atoms with Crippen LogP contribution in [0.3, 0.4) is 0 Å². The lowest BCUT2D eigenvalue weighted by molar-refractivity contribution is -0.152. The van der Waals surface area contributed by atoms with E-state index in [0.29, 0.717) is 37.5 Å². The van der Waals surface area contributed by atoms with Crippen LogP contribution < -0.4 is 0 Å². The molecule has 3 aliphatic heterocycles. The number of hydrogen-bond acceptors (Lipinski definition) is 11. The zero-order valence-electron chi connectivity index (χ0n) is 33.8. The van der Waals surface area contributed by atoms with Gasteiger partial charge in [-0.3, -0.25) is 14.5 Å². The number of piperazine rings is 1. The molecule has 1 aliphatic carbocycles. The molecule has 3 N–H and O–H groups in total. The molecule has 2 saturated heterocycles. The molecule has 4 aliphatic rings. The minimum Gasteiger partial charge on any atom is -0.462 e. The molecular formula is C42H68N2O10. The number of amides is 1. The van der Waals surface area contributed by atoms with Gasteiger partial charge < -0.3 is 39.2 Å². The first-order valence-corrected chi connectivity index (χ1v) is 20.4. The fraction of sp³-hybridized carbons (Fsp3) is 0.786. The van der Waals surface area contributed by atoms with E-state index >= 15 is 0 Å². The molecule has 12 heteroatoms. The number of carbonyl (C=O) groups is 3. The Bertz CT molecular complexity index is 1330. The van der Waals surface area contributed by atoms with Gasteiger partial charge in [-0.25, -0.2) is 4.79 Å². The number of epoxide rings is 1. The van der Waals surface area contributed by atoms with Crippen LogP contribution in [-0.2, 0) is 28.5 Å². The van der Waals surface area contributed by atoms with Crippen LogP contribution in [0.4, 0.5) is 4.79 Å². The summed E-state index contributed by atoms with van der Waals surface area (Å²) in [4.78, 5) is 42.2. The summed E-state index contributed by atoms with van der Waals surface area (Å²) < 4.78 is 23.2. The van der Waals surface area contributed by atoms with Crippen LogP contribution in [0.15, 0.2) is 36.0 Å². The number of cyclic esters (lactones) is 1. The number of nitrogens with zero attached hydrogens (tertiary/aromatic N) is 2. The summed E-state index contributed by atoms with van der Waals surface area (Å²) in [6.45, 7) is 15.1. The Labute approximate surface area is 322 Å². The lowest BCUT2D eigenvalue weighted by Gasteiger charge is -2.40. The molecular weight excluding hydrogens is 692 g/mol. The van der Waals surface area contributed by atoms with Gasteiger partial charge in [-0.2, -0.15) is 0 Å². The second-order valence-electron chi connectivity index (χ2n) is 16.8. The largest absolute Gasteiger partial charge is 0.462 e. The topological polar surface area (TPSA) is 159 Å². The summed E-state index contributed by atoms with van der Waals surface area (Å²) in [6.07, 6.45) is 13.4. The van der Waals surface area contributed by atoms with E-state index in [0.717, 1.165) is 13.1 Å². The maximum absolute atomic E-state index is 13.5. The Morgan fingerprint density at radius 3 is 2.39 bits per heavy atom. The average molecular weight is 761 g/mol. The van der Waals surface area contributed by atoms with Gasteiger partial charge in [0.1, 0.15) is 17.8 Å². The van der Waals surface area contributed by atoms with E-state index in [1.54, 1.807) is 49.1 Å². The van der Waals surface area contributed by atoms with Gasteiger partial charge in [0, 0.05) is 57.4 Å². The first-order chi connectivity index (χ1) is 25.5. The Hall–Kier alpha value is -2.77. The maximum Gasteiger partial charge on any atom is 0.410 e. The molecule has 0 radical (unpaired) electrons. The standard InChI is InChI=1S/C42H68N2O10/c1-8-34(51-31(5)45)30(4)39-35(52-39)27-41(6,49)20-13-14-28(2)38-29(3)17-18-36(42(7,50)21-19-33(46)26-37(47)54-38)53-40(48)44-24-22-43(23-25-44)32-15-11-9-10-12-16-32/h13-14,17-18,20,29-30,32-36,38-39,46,49-50H,8-12,15-16,19,21-27H2,1-7H3/b18-17+,20-13+,28-14+/t29-,30+,33-,34+,35+,36+,38+,39+,41+,42-/m0/s1. The molecule has 0 bridgehead atoms. The quantitative estimate of drug-likeness (QED) is 0.0600. The molecule has 306 valence electrons. The predicted molar refractivity (Wildman–Crippen MR) is 205 cm³/mol. The normalized spacial score (nSPS) is 34.0. The van der Waals surface area contributed by atoms with E-state index < -0.39 is 41.6 Å². The van der Waals surface area contributed by atoms with Crippen molar-refractivity contribution in [3.8, 4) is 0 Å². The van der Waals surface area contributed by atoms with Gasteiger partial charge >= 0.3 is 18.0 Å². The molecule has 0 spiro atoms. The second-order valence-corrected chi connectivity index (χ2v) is 16.8. The SMILES string of the molecule is CC[C@@H](OC(C)=O)[C@@H](C)[C@H]1O[C@@H]1C[C@](C)(O)/C=C/C=C(\C)[C@H]1OC(=O)C[C@@H](O)CC[C@](C)(O)[C@H](OC(=O)N2CCN(C3CCCCCC3)CC2)/C=C/[C@@H]1C. The maximum atomic E-state index is 13.5. The van der Waals surface area contributed by atoms with Gasteiger partial charge in [0.05, 0.1) is 30.3 Å². The number of ether oxygens (including phenoxy) is 4. The van der Waals surface area contributed by atoms with Crippen LogP contribution in [0.25, 0.3) is 0 Å². The third kappa shape index (κ3) is 13.2. The van der Waals surface area contributed by atoms with Crippen molar-refractivity contribution in [3.63, 3.8) is 0 Å². The molecule has 10 atom stereocenters. The van der Waals surface area contributed by atoms with Crippen molar-refractivity contribution in [3.05, 3.63) is 36.0 Å². The van der Waals surface area contributed by atoms with Crippen molar-refractivity contribution in [1.82, 2.24) is 9.80 Å². The van der Waals surface area contributed by atoms with E-state index in [1.807, 2.05) is 27.7 Å². The molecule has 0 unspecified atom stereocenters. The van der Waals surface area contributed by atoms with E-state index in [9.17, 15) is 29.7 Å². The highest BCUT2D eigenvalue weighted by Gasteiger charge is 2.48. The molecule has 0 aromatic rings. The summed E-state index contributed by atoms with van der Waals surface area (Å²) in [5.74, 6) is -1.28. The van der Waals surface area contributed by atoms with Crippen LogP contribution >= 0.6 is 0 Å². The molecule has 54 heavy (non-hydrogen) atoms. The molecule has 12 nitrogen and oxygen atoms in total. The van der Waals surface area contributed by atoms with E-state index in [-0.39, 0.29) is 55.4 Å². The Kier molecular flexibility index (Phi) is 16.2. The van der Waals surface area contributed by atoms with Crippen molar-refractivity contribution < 1.29 is 48.7 Å². The van der Waals surface area contributed by atoms with Crippen LogP contribution in [0.5, 0.6) is 0 Å². The number of aliphatic hydroxyl groups is 3. The lowest BCUT2D eigenvalue weighted by atomic mass is 9.88. The third-order valence-corrected chi connectivity index (χ3v) is 11.8. The van der Waals surface area contributed by atoms with Crippen molar-refractivity contribution in [2.45, 2.75) is 173 Å². The average Bonchev–Trinajstić information content (AvgIpc) is 3.92. The van der Waals surface area contributed by atoms with E-state index in [2.05, 4.69) is 4.90 Å². The van der Waals surface area contributed by atoms with Crippen LogP contribution in [0.1, 0.15) is 119 Å². The highest BCUT2D eigenvalue weighted by atomic mass is 16.6. The van der Waals surface area contributed by atoms with Crippen molar-refractivity contribution in [2.75, 3.05) is 26.2 Å². The molecule has 0 aromatic heterocycles. The Balaban J connectivity index is 1.41. The highest BCUT2D eigenvalue weighted by Crippen LogP contribution is 2.38. The highest BCUT2D eigenvalue weighted by molar-refractivity contribution is 5.70. The zero-order chi connectivity index (χ0) is 39.6. The van der Waals surface area contributed by atoms with E-state index in [4.69, 9.17) is 18.9 Å². The summed E-state index contributed by atoms with van der Waals surface area (Å²) in [7, 11) is 0. The summed E-state index contributed by atoms with van der Waals surface area (Å²) in [6, 6.07) is 0.575. The molecule has 3 heterocycles. The Morgan fingerprint density at radius 2 is 1.76 bits per heavy atom. The monoisotopic (exact) mass is 760 g/mol. The third-order valence-electron chi connectivity index (χ3n) is 11.8. The minimum atomic E-state index is -1.49. The Morgan fingerprint density at radius 1 is 1.09 bits per heavy atom. The fourth-order valence-corrected chi connectivity index (χ4v) is 8.27. The van der Waals surface area contributed by atoms with E-state index in [1.165, 1.54) is 45.4 Å². The number of carbonyl (C=O) groups excluding carboxylic acids is 3. The van der Waals surface area contributed by atoms with Gasteiger partial charge in [0.2, 0.25) is 0 Å². The molecule has 1 saturated carbocycles. The summed E-state index contributed by atoms with van der Waals surface area (Å²) in [5, 5.41) is 33.5. The number of allylic oxidation sites excluding steroid dienone is 2. The first-order valence-electron chi connectivity index (χ1n) is 20.4. The summed E-state index contributed by atoms with van der Waals surface area (Å²) >= 11 is 0. The van der Waals surface area contributed by atoms with Gasteiger partial charge in [-0.1, -0.05) is 70.8 Å². The first kappa shape index (κ1) is 44.0. The number of rotatable bonds is 11. The van der Waals surface area contributed by atoms with Crippen molar-refractivity contribution in [1.29, 1.82) is 0 Å². The smallest absolute Gasteiger partial charge is 0.410 e. The molecule has 3 fully saturated rings. The zero-order valence-corrected chi connectivity index (χ0v) is 33.8. The number of aliphatic hydroxyl groups excluding tert-OH is 1. The molecule has 0 aromatic carbocycles.